The summed E-state index contributed by atoms with van der Waals surface area (Å²) < 4.78 is 0. The van der Waals surface area contributed by atoms with Gasteiger partial charge in [0.1, 0.15) is 6.29 Å². The van der Waals surface area contributed by atoms with Crippen LogP contribution in [0.25, 0.3) is 5.41 Å². The van der Waals surface area contributed by atoms with Gasteiger partial charge in [-0.1, -0.05) is 44.7 Å². The van der Waals surface area contributed by atoms with Gasteiger partial charge in [0.25, 0.3) is 0 Å². The van der Waals surface area contributed by atoms with E-state index in [1.54, 1.807) is 11.8 Å². The predicted octanol–water partition coefficient (Wildman–Crippen LogP) is 4.25. The van der Waals surface area contributed by atoms with Crippen LogP contribution in [0.3, 0.4) is 0 Å². The number of hydrogen-bond acceptors (Lipinski definition) is 2. The smallest absolute Gasteiger partial charge is 0.459 e. The van der Waals surface area contributed by atoms with Crippen molar-refractivity contribution in [2.24, 2.45) is 0 Å². The van der Waals surface area contributed by atoms with Crippen LogP contribution in [0, 0.1) is 13.8 Å². The first-order chi connectivity index (χ1) is 9.47. The molecule has 0 saturated heterocycles. The van der Waals surface area contributed by atoms with Crippen LogP contribution in [-0.2, 0) is 25.9 Å². The Morgan fingerprint density at radius 3 is 2.48 bits per heavy atom. The van der Waals surface area contributed by atoms with E-state index in [1.165, 1.54) is 5.56 Å². The Balaban J connectivity index is 0. The molecule has 0 radical (unpaired) electrons. The van der Waals surface area contributed by atoms with Crippen LogP contribution in [0.4, 0.5) is 5.69 Å². The molecule has 0 aliphatic rings. The van der Waals surface area contributed by atoms with Crippen molar-refractivity contribution in [3.05, 3.63) is 41.7 Å². The van der Waals surface area contributed by atoms with Crippen molar-refractivity contribution in [2.75, 3.05) is 17.7 Å². The molecule has 0 aromatic heterocycles. The second-order valence-electron chi connectivity index (χ2n) is 4.54. The normalized spacial score (nSPS) is 9.29. The predicted molar refractivity (Wildman–Crippen MR) is 91.6 cm³/mol. The molecule has 21 heavy (non-hydrogen) atoms. The van der Waals surface area contributed by atoms with Gasteiger partial charge in [0.2, 0.25) is 0 Å². The summed E-state index contributed by atoms with van der Waals surface area (Å²) in [5.41, 5.74) is 3.32. The number of benzene rings is 1. The first kappa shape index (κ1) is 22.7. The maximum absolute atomic E-state index is 10.3. The minimum atomic E-state index is 0. The molecule has 0 aliphatic carbocycles. The molecule has 116 valence electrons. The van der Waals surface area contributed by atoms with Crippen LogP contribution in [0.5, 0.6) is 0 Å². The molecule has 1 rings (SSSR count). The number of aryl methyl sites for hydroxylation is 1. The van der Waals surface area contributed by atoms with Crippen LogP contribution in [0.15, 0.2) is 18.2 Å². The number of nitrogens with zero attached hydrogens (tertiary/aromatic N) is 2. The Hall–Kier alpha value is -0.602. The van der Waals surface area contributed by atoms with Crippen molar-refractivity contribution in [1.82, 2.24) is 0 Å². The number of amidine groups is 1. The molecule has 0 N–H and O–H groups in total. The molecule has 0 heterocycles. The maximum Gasteiger partial charge on any atom is 2.00 e. The molecule has 0 fully saturated rings. The molecule has 3 nitrogen and oxygen atoms in total. The summed E-state index contributed by atoms with van der Waals surface area (Å²) in [6.07, 6.45) is 0.786. The van der Waals surface area contributed by atoms with Gasteiger partial charge in [-0.15, -0.1) is 11.8 Å². The van der Waals surface area contributed by atoms with Crippen LogP contribution in [-0.4, -0.2) is 24.3 Å². The number of hydrogen-bond donors (Lipinski definition) is 0. The zero-order chi connectivity index (χ0) is 15.7. The van der Waals surface area contributed by atoms with Crippen LogP contribution >= 0.6 is 11.8 Å². The Morgan fingerprint density at radius 1 is 1.43 bits per heavy atom. The summed E-state index contributed by atoms with van der Waals surface area (Å²) in [6.45, 7) is 11.3. The summed E-state index contributed by atoms with van der Waals surface area (Å²) in [5.74, 6) is 0.644. The van der Waals surface area contributed by atoms with Crippen molar-refractivity contribution in [3.8, 4) is 0 Å². The van der Waals surface area contributed by atoms with E-state index in [2.05, 4.69) is 32.9 Å². The molecule has 0 amide bonds. The first-order valence-corrected chi connectivity index (χ1v) is 7.63. The number of carbonyl (C=O) groups excluding carboxylic acids is 1. The minimum absolute atomic E-state index is 0. The van der Waals surface area contributed by atoms with Gasteiger partial charge >= 0.3 is 21.1 Å². The quantitative estimate of drug-likeness (QED) is 0.283. The van der Waals surface area contributed by atoms with Crippen molar-refractivity contribution in [2.45, 2.75) is 33.6 Å². The largest absolute Gasteiger partial charge is 2.00 e. The third kappa shape index (κ3) is 7.28. The number of carbonyl (C=O) groups is 1. The summed E-state index contributed by atoms with van der Waals surface area (Å²) >= 11 is 1.14. The summed E-state index contributed by atoms with van der Waals surface area (Å²) in [6, 6.07) is 6.21. The SMILES string of the molecule is Cc1ccc(C(C)C)c(N(C)C(=[N-])SCC=O)c1.[CH2-]C.[W+2]. The second-order valence-corrected chi connectivity index (χ2v) is 5.52. The van der Waals surface area contributed by atoms with Gasteiger partial charge < -0.3 is 22.0 Å². The molecule has 0 atom stereocenters. The van der Waals surface area contributed by atoms with Crippen molar-refractivity contribution >= 4 is 28.9 Å². The van der Waals surface area contributed by atoms with Gasteiger partial charge in [-0.2, -0.15) is 6.92 Å². The number of thioether (sulfide) groups is 1. The Labute approximate surface area is 147 Å². The van der Waals surface area contributed by atoms with Crippen molar-refractivity contribution in [3.63, 3.8) is 0 Å². The van der Waals surface area contributed by atoms with E-state index in [0.29, 0.717) is 5.92 Å². The Bertz CT molecular complexity index is 450. The third-order valence-corrected chi connectivity index (χ3v) is 3.57. The van der Waals surface area contributed by atoms with E-state index in [1.807, 2.05) is 20.0 Å². The van der Waals surface area contributed by atoms with Crippen molar-refractivity contribution in [1.29, 1.82) is 0 Å². The second kappa shape index (κ2) is 12.0. The van der Waals surface area contributed by atoms with Crippen LogP contribution < -0.4 is 4.90 Å². The van der Waals surface area contributed by atoms with E-state index in [9.17, 15) is 10.2 Å². The summed E-state index contributed by atoms with van der Waals surface area (Å²) in [4.78, 5) is 12.1. The number of anilines is 1. The molecule has 1 aromatic rings. The summed E-state index contributed by atoms with van der Waals surface area (Å²) in [7, 11) is 1.81. The van der Waals surface area contributed by atoms with E-state index in [4.69, 9.17) is 0 Å². The van der Waals surface area contributed by atoms with Gasteiger partial charge in [-0.25, -0.2) is 0 Å². The topological polar surface area (TPSA) is 42.6 Å². The first-order valence-electron chi connectivity index (χ1n) is 6.64. The van der Waals surface area contributed by atoms with E-state index in [0.717, 1.165) is 29.3 Å². The van der Waals surface area contributed by atoms with Gasteiger partial charge in [-0.3, -0.25) is 0 Å². The zero-order valence-corrected chi connectivity index (χ0v) is 17.2. The standard InChI is InChI=1S/C14H19N2OS.C2H5.W/c1-10(2)12-6-5-11(3)9-13(12)16(4)14(15)18-8-7-17;1-2;/h5-7,9-10H,8H2,1-4H3;1H2,2H3;/q2*-1;+2. The van der Waals surface area contributed by atoms with Gasteiger partial charge in [-0.05, 0) is 29.3 Å². The number of aldehydes is 1. The fourth-order valence-electron chi connectivity index (χ4n) is 1.74. The number of rotatable bonds is 4. The molecule has 0 saturated carbocycles. The fourth-order valence-corrected chi connectivity index (χ4v) is 2.25. The van der Waals surface area contributed by atoms with Gasteiger partial charge in [0.05, 0.1) is 5.75 Å². The monoisotopic (exact) mass is 476 g/mol. The third-order valence-electron chi connectivity index (χ3n) is 2.74. The van der Waals surface area contributed by atoms with Gasteiger partial charge in [0.15, 0.2) is 0 Å². The summed E-state index contributed by atoms with van der Waals surface area (Å²) in [5, 5.41) is 10.1. The van der Waals surface area contributed by atoms with Gasteiger partial charge in [0, 0.05) is 0 Å². The average molecular weight is 476 g/mol. The van der Waals surface area contributed by atoms with E-state index < -0.39 is 0 Å². The Morgan fingerprint density at radius 2 is 2.00 bits per heavy atom. The Kier molecular flexibility index (Phi) is 13.0. The molecular weight excluding hydrogens is 452 g/mol. The molecule has 5 heteroatoms. The van der Waals surface area contributed by atoms with Crippen LogP contribution in [0.2, 0.25) is 0 Å². The fraction of sp³-hybridized carbons (Fsp3) is 0.438. The molecule has 1 aromatic carbocycles. The van der Waals surface area contributed by atoms with E-state index in [-0.39, 0.29) is 32.0 Å². The average Bonchev–Trinajstić information content (AvgIpc) is 2.45. The molecule has 0 bridgehead atoms. The molecule has 0 aliphatic heterocycles. The van der Waals surface area contributed by atoms with Crippen molar-refractivity contribution < 1.29 is 25.9 Å². The maximum atomic E-state index is 10.3. The van der Waals surface area contributed by atoms with Crippen LogP contribution in [0.1, 0.15) is 37.8 Å². The molecular formula is C16H24N2OSW. The van der Waals surface area contributed by atoms with E-state index >= 15 is 0 Å². The zero-order valence-electron chi connectivity index (χ0n) is 13.4. The molecule has 0 spiro atoms. The molecule has 0 unspecified atom stereocenters. The minimum Gasteiger partial charge on any atom is -0.459 e.